The van der Waals surface area contributed by atoms with E-state index in [2.05, 4.69) is 23.7 Å². The molecule has 7 nitrogen and oxygen atoms in total. The van der Waals surface area contributed by atoms with Crippen molar-refractivity contribution >= 4 is 17.9 Å². The van der Waals surface area contributed by atoms with Crippen LogP contribution in [0.3, 0.4) is 0 Å². The van der Waals surface area contributed by atoms with Crippen LogP contribution in [-0.2, 0) is 20.9 Å². The number of aromatic nitrogens is 1. The van der Waals surface area contributed by atoms with Gasteiger partial charge in [-0.1, -0.05) is 33.8 Å². The summed E-state index contributed by atoms with van der Waals surface area (Å²) in [5, 5.41) is 10.1. The number of carbonyl (C=O) groups is 1. The Morgan fingerprint density at radius 1 is 1.28 bits per heavy atom. The number of pyridine rings is 1. The Hall–Kier alpha value is -2.32. The monoisotopic (exact) mass is 503 g/mol. The maximum atomic E-state index is 13.5. The largest absolute Gasteiger partial charge is 0.479 e. The van der Waals surface area contributed by atoms with E-state index in [9.17, 15) is 14.3 Å². The summed E-state index contributed by atoms with van der Waals surface area (Å²) in [5.41, 5.74) is 0.415. The highest BCUT2D eigenvalue weighted by Crippen LogP contribution is 2.38. The van der Waals surface area contributed by atoms with Crippen LogP contribution in [0.4, 0.5) is 10.1 Å². The second kappa shape index (κ2) is 11.0. The number of hydrogen-bond donors (Lipinski definition) is 1. The Kier molecular flexibility index (Phi) is 8.61. The summed E-state index contributed by atoms with van der Waals surface area (Å²) in [7, 11) is 0. The molecule has 2 unspecified atom stereocenters. The molecule has 1 fully saturated rings. The van der Waals surface area contributed by atoms with Gasteiger partial charge in [-0.2, -0.15) is 0 Å². The Morgan fingerprint density at radius 2 is 1.94 bits per heavy atom. The van der Waals surface area contributed by atoms with Gasteiger partial charge in [-0.15, -0.1) is 0 Å². The first-order chi connectivity index (χ1) is 16.8. The molecule has 0 aromatic carbocycles. The van der Waals surface area contributed by atoms with Gasteiger partial charge in [0.05, 0.1) is 23.9 Å². The van der Waals surface area contributed by atoms with Gasteiger partial charge >= 0.3 is 5.97 Å². The first kappa shape index (κ1) is 28.3. The maximum absolute atomic E-state index is 13.5. The SMILES string of the molecule is CC(C)COC1([C@H](OC(C)(C)C)C(=O)O)C=CC(c2cnc(CF)cc2N2CCC(C)(C)CC2)N=C1. The van der Waals surface area contributed by atoms with Crippen molar-refractivity contribution in [2.75, 3.05) is 24.6 Å². The van der Waals surface area contributed by atoms with Crippen LogP contribution in [-0.4, -0.2) is 59.3 Å². The molecule has 0 saturated carbocycles. The highest BCUT2D eigenvalue weighted by atomic mass is 19.1. The fourth-order valence-electron chi connectivity index (χ4n) is 4.46. The van der Waals surface area contributed by atoms with E-state index in [4.69, 9.17) is 14.5 Å². The fraction of sp³-hybridized carbons (Fsp3) is 0.679. The standard InChI is InChI=1S/C28H42FN3O4/c1-19(2)17-35-28(24(25(33)34)36-26(3,4)5)9-8-22(31-18-28)21-16-30-20(15-29)14-23(21)32-12-10-27(6,7)11-13-32/h8-9,14,16,18-19,22,24H,10-13,15,17H2,1-7H3,(H,33,34)/t22?,24-,28?/m1/s1. The zero-order chi connectivity index (χ0) is 26.7. The number of aliphatic carboxylic acids is 1. The lowest BCUT2D eigenvalue weighted by molar-refractivity contribution is -0.180. The van der Waals surface area contributed by atoms with Crippen LogP contribution >= 0.6 is 0 Å². The maximum Gasteiger partial charge on any atom is 0.336 e. The number of halogens is 1. The van der Waals surface area contributed by atoms with Gasteiger partial charge in [0.25, 0.3) is 0 Å². The summed E-state index contributed by atoms with van der Waals surface area (Å²) < 4.78 is 25.6. The van der Waals surface area contributed by atoms with E-state index in [1.54, 1.807) is 18.5 Å². The number of nitrogens with zero attached hydrogens (tertiary/aromatic N) is 3. The van der Waals surface area contributed by atoms with Crippen molar-refractivity contribution in [1.82, 2.24) is 4.98 Å². The predicted octanol–water partition coefficient (Wildman–Crippen LogP) is 5.54. The Balaban J connectivity index is 1.96. The third-order valence-electron chi connectivity index (χ3n) is 6.63. The molecule has 1 N–H and O–H groups in total. The Labute approximate surface area is 214 Å². The van der Waals surface area contributed by atoms with Crippen molar-refractivity contribution in [2.45, 2.75) is 91.3 Å². The normalized spacial score (nSPS) is 24.8. The number of alkyl halides is 1. The van der Waals surface area contributed by atoms with Crippen LogP contribution in [0, 0.1) is 11.3 Å². The Bertz CT molecular complexity index is 959. The van der Waals surface area contributed by atoms with E-state index in [0.29, 0.717) is 12.3 Å². The zero-order valence-electron chi connectivity index (χ0n) is 22.8. The topological polar surface area (TPSA) is 84.2 Å². The van der Waals surface area contributed by atoms with E-state index in [-0.39, 0.29) is 11.3 Å². The van der Waals surface area contributed by atoms with E-state index < -0.39 is 36.0 Å². The molecule has 3 heterocycles. The van der Waals surface area contributed by atoms with Gasteiger partial charge in [-0.05, 0) is 57.1 Å². The van der Waals surface area contributed by atoms with Gasteiger partial charge in [-0.3, -0.25) is 9.98 Å². The third kappa shape index (κ3) is 6.91. The highest BCUT2D eigenvalue weighted by molar-refractivity contribution is 5.86. The molecule has 3 atom stereocenters. The van der Waals surface area contributed by atoms with Gasteiger partial charge in [0.2, 0.25) is 0 Å². The number of rotatable bonds is 9. The second-order valence-electron chi connectivity index (χ2n) is 12.1. The number of carboxylic acid groups (broad SMARTS) is 1. The van der Waals surface area contributed by atoms with Crippen LogP contribution in [0.1, 0.15) is 78.6 Å². The van der Waals surface area contributed by atoms with Gasteiger partial charge < -0.3 is 19.5 Å². The molecule has 36 heavy (non-hydrogen) atoms. The minimum absolute atomic E-state index is 0.192. The zero-order valence-corrected chi connectivity index (χ0v) is 22.8. The predicted molar refractivity (Wildman–Crippen MR) is 140 cm³/mol. The number of piperidine rings is 1. The quantitative estimate of drug-likeness (QED) is 0.446. The summed E-state index contributed by atoms with van der Waals surface area (Å²) in [6.07, 6.45) is 7.68. The van der Waals surface area contributed by atoms with E-state index >= 15 is 0 Å². The van der Waals surface area contributed by atoms with E-state index in [1.807, 2.05) is 46.8 Å². The molecule has 200 valence electrons. The molecule has 0 aliphatic carbocycles. The number of aliphatic imine (C=N–C) groups is 1. The lowest BCUT2D eigenvalue weighted by atomic mass is 9.82. The number of carboxylic acids is 1. The molecule has 1 aromatic heterocycles. The number of dihydropyridines is 1. The van der Waals surface area contributed by atoms with Crippen LogP contribution in [0.25, 0.3) is 0 Å². The number of hydrogen-bond acceptors (Lipinski definition) is 6. The van der Waals surface area contributed by atoms with Crippen molar-refractivity contribution in [3.63, 3.8) is 0 Å². The van der Waals surface area contributed by atoms with Crippen LogP contribution in [0.15, 0.2) is 29.4 Å². The minimum atomic E-state index is -1.35. The first-order valence-electron chi connectivity index (χ1n) is 12.8. The molecule has 0 spiro atoms. The fourth-order valence-corrected chi connectivity index (χ4v) is 4.46. The summed E-state index contributed by atoms with van der Waals surface area (Å²) in [5.74, 6) is -0.924. The minimum Gasteiger partial charge on any atom is -0.479 e. The highest BCUT2D eigenvalue weighted by Gasteiger charge is 2.46. The molecule has 1 aromatic rings. The molecule has 8 heteroatoms. The molecule has 2 aliphatic rings. The molecule has 0 radical (unpaired) electrons. The smallest absolute Gasteiger partial charge is 0.336 e. The molecule has 0 bridgehead atoms. The molecule has 3 rings (SSSR count). The van der Waals surface area contributed by atoms with E-state index in [0.717, 1.165) is 37.2 Å². The summed E-state index contributed by atoms with van der Waals surface area (Å²) >= 11 is 0. The van der Waals surface area contributed by atoms with Crippen LogP contribution < -0.4 is 4.90 Å². The summed E-state index contributed by atoms with van der Waals surface area (Å²) in [6.45, 7) is 15.5. The molecular formula is C28H42FN3O4. The average Bonchev–Trinajstić information content (AvgIpc) is 2.80. The van der Waals surface area contributed by atoms with Gasteiger partial charge in [0, 0.05) is 36.8 Å². The van der Waals surface area contributed by atoms with Crippen molar-refractivity contribution < 1.29 is 23.8 Å². The second-order valence-corrected chi connectivity index (χ2v) is 12.1. The third-order valence-corrected chi connectivity index (χ3v) is 6.63. The lowest BCUT2D eigenvalue weighted by Crippen LogP contribution is -2.54. The van der Waals surface area contributed by atoms with Crippen molar-refractivity contribution in [3.05, 3.63) is 35.7 Å². The van der Waals surface area contributed by atoms with Crippen molar-refractivity contribution in [2.24, 2.45) is 16.3 Å². The lowest BCUT2D eigenvalue weighted by Gasteiger charge is -2.40. The molecule has 2 aliphatic heterocycles. The van der Waals surface area contributed by atoms with Gasteiger partial charge in [0.1, 0.15) is 6.67 Å². The average molecular weight is 504 g/mol. The van der Waals surface area contributed by atoms with Crippen LogP contribution in [0.2, 0.25) is 0 Å². The molecule has 0 amide bonds. The summed E-state index contributed by atoms with van der Waals surface area (Å²) in [4.78, 5) is 23.7. The molecular weight excluding hydrogens is 461 g/mol. The van der Waals surface area contributed by atoms with Gasteiger partial charge in [-0.25, -0.2) is 9.18 Å². The summed E-state index contributed by atoms with van der Waals surface area (Å²) in [6, 6.07) is 1.42. The number of ether oxygens (including phenoxy) is 2. The molecule has 1 saturated heterocycles. The number of anilines is 1. The van der Waals surface area contributed by atoms with Crippen LogP contribution in [0.5, 0.6) is 0 Å². The van der Waals surface area contributed by atoms with Crippen molar-refractivity contribution in [1.29, 1.82) is 0 Å². The Morgan fingerprint density at radius 3 is 2.44 bits per heavy atom. The first-order valence-corrected chi connectivity index (χ1v) is 12.8. The van der Waals surface area contributed by atoms with E-state index in [1.165, 1.54) is 0 Å². The van der Waals surface area contributed by atoms with Gasteiger partial charge in [0.15, 0.2) is 11.7 Å². The van der Waals surface area contributed by atoms with Crippen molar-refractivity contribution in [3.8, 4) is 0 Å².